The molecule has 0 fully saturated rings. The maximum Gasteiger partial charge on any atom is 0.239 e. The number of carbonyl (C=O) groups is 1. The van der Waals surface area contributed by atoms with E-state index in [2.05, 4.69) is 4.98 Å². The standard InChI is InChI=1S/C13H21N3O.ClH/c1-3-7-12(14)13(17)16(4-2)10-11-8-5-6-9-15-11;/h5-6,8-9,12H,3-4,7,10,14H2,1-2H3;1H. The number of nitrogens with zero attached hydrogens (tertiary/aromatic N) is 2. The summed E-state index contributed by atoms with van der Waals surface area (Å²) >= 11 is 0. The molecule has 1 atom stereocenters. The summed E-state index contributed by atoms with van der Waals surface area (Å²) in [4.78, 5) is 18.0. The highest BCUT2D eigenvalue weighted by atomic mass is 35.5. The molecular formula is C13H22ClN3O. The first-order chi connectivity index (χ1) is 8.19. The Kier molecular flexibility index (Phi) is 8.33. The second-order valence-electron chi connectivity index (χ2n) is 4.07. The number of hydrogen-bond acceptors (Lipinski definition) is 3. The maximum atomic E-state index is 12.0. The van der Waals surface area contributed by atoms with E-state index >= 15 is 0 Å². The van der Waals surface area contributed by atoms with Crippen molar-refractivity contribution in [3.63, 3.8) is 0 Å². The number of carbonyl (C=O) groups excluding carboxylic acids is 1. The quantitative estimate of drug-likeness (QED) is 0.861. The molecule has 0 saturated heterocycles. The Morgan fingerprint density at radius 3 is 2.67 bits per heavy atom. The van der Waals surface area contributed by atoms with Crippen molar-refractivity contribution in [2.24, 2.45) is 5.73 Å². The summed E-state index contributed by atoms with van der Waals surface area (Å²) in [6, 6.07) is 5.32. The van der Waals surface area contributed by atoms with Crippen LogP contribution in [0, 0.1) is 0 Å². The molecule has 4 nitrogen and oxygen atoms in total. The topological polar surface area (TPSA) is 59.2 Å². The third kappa shape index (κ3) is 5.02. The molecule has 0 aliphatic carbocycles. The van der Waals surface area contributed by atoms with Gasteiger partial charge in [0.1, 0.15) is 0 Å². The van der Waals surface area contributed by atoms with Crippen LogP contribution in [0.3, 0.4) is 0 Å². The van der Waals surface area contributed by atoms with Crippen molar-refractivity contribution in [2.75, 3.05) is 6.54 Å². The number of aromatic nitrogens is 1. The zero-order valence-corrected chi connectivity index (χ0v) is 11.8. The van der Waals surface area contributed by atoms with Gasteiger partial charge in [0.25, 0.3) is 0 Å². The molecule has 0 aromatic carbocycles. The van der Waals surface area contributed by atoms with Crippen molar-refractivity contribution < 1.29 is 4.79 Å². The Balaban J connectivity index is 0.00000289. The van der Waals surface area contributed by atoms with Crippen molar-refractivity contribution in [3.8, 4) is 0 Å². The second-order valence-corrected chi connectivity index (χ2v) is 4.07. The molecule has 0 spiro atoms. The minimum atomic E-state index is -0.385. The number of rotatable bonds is 6. The van der Waals surface area contributed by atoms with Crippen molar-refractivity contribution in [3.05, 3.63) is 30.1 Å². The van der Waals surface area contributed by atoms with E-state index in [1.165, 1.54) is 0 Å². The summed E-state index contributed by atoms with van der Waals surface area (Å²) < 4.78 is 0. The van der Waals surface area contributed by atoms with Gasteiger partial charge in [-0.3, -0.25) is 9.78 Å². The third-order valence-corrected chi connectivity index (χ3v) is 2.69. The lowest BCUT2D eigenvalue weighted by Crippen LogP contribution is -2.43. The molecule has 0 aliphatic rings. The van der Waals surface area contributed by atoms with E-state index in [4.69, 9.17) is 5.73 Å². The molecule has 18 heavy (non-hydrogen) atoms. The van der Waals surface area contributed by atoms with Crippen LogP contribution < -0.4 is 5.73 Å². The van der Waals surface area contributed by atoms with Crippen LogP contribution in [0.1, 0.15) is 32.4 Å². The summed E-state index contributed by atoms with van der Waals surface area (Å²) in [5.41, 5.74) is 6.74. The molecule has 1 heterocycles. The van der Waals surface area contributed by atoms with Gasteiger partial charge in [-0.2, -0.15) is 0 Å². The molecule has 102 valence electrons. The molecule has 1 aromatic rings. The molecule has 1 unspecified atom stereocenters. The van der Waals surface area contributed by atoms with Crippen LogP contribution >= 0.6 is 12.4 Å². The zero-order chi connectivity index (χ0) is 12.7. The molecule has 1 rings (SSSR count). The van der Waals surface area contributed by atoms with Crippen LogP contribution in [0.5, 0.6) is 0 Å². The summed E-state index contributed by atoms with van der Waals surface area (Å²) in [6.45, 7) is 5.18. The first kappa shape index (κ1) is 16.9. The normalized spacial score (nSPS) is 11.5. The van der Waals surface area contributed by atoms with Gasteiger partial charge >= 0.3 is 0 Å². The molecule has 1 aromatic heterocycles. The number of halogens is 1. The predicted octanol–water partition coefficient (Wildman–Crippen LogP) is 1.98. The molecule has 2 N–H and O–H groups in total. The van der Waals surface area contributed by atoms with E-state index in [1.807, 2.05) is 32.0 Å². The second kappa shape index (κ2) is 8.89. The van der Waals surface area contributed by atoms with E-state index in [1.54, 1.807) is 11.1 Å². The number of amides is 1. The maximum absolute atomic E-state index is 12.0. The van der Waals surface area contributed by atoms with Crippen molar-refractivity contribution in [1.82, 2.24) is 9.88 Å². The van der Waals surface area contributed by atoms with Crippen LogP contribution in [0.4, 0.5) is 0 Å². The van der Waals surface area contributed by atoms with Gasteiger partial charge in [0.2, 0.25) is 5.91 Å². The number of pyridine rings is 1. The smallest absolute Gasteiger partial charge is 0.239 e. The van der Waals surface area contributed by atoms with Crippen LogP contribution in [0.15, 0.2) is 24.4 Å². The zero-order valence-electron chi connectivity index (χ0n) is 11.0. The number of hydrogen-bond donors (Lipinski definition) is 1. The fraction of sp³-hybridized carbons (Fsp3) is 0.538. The van der Waals surface area contributed by atoms with E-state index in [9.17, 15) is 4.79 Å². The van der Waals surface area contributed by atoms with Crippen LogP contribution in [0.2, 0.25) is 0 Å². The summed E-state index contributed by atoms with van der Waals surface area (Å²) in [5, 5.41) is 0. The van der Waals surface area contributed by atoms with E-state index in [0.29, 0.717) is 13.1 Å². The lowest BCUT2D eigenvalue weighted by molar-refractivity contribution is -0.133. The van der Waals surface area contributed by atoms with Gasteiger partial charge in [-0.05, 0) is 25.5 Å². The molecule has 1 amide bonds. The number of nitrogens with two attached hydrogens (primary N) is 1. The third-order valence-electron chi connectivity index (χ3n) is 2.69. The summed E-state index contributed by atoms with van der Waals surface area (Å²) in [7, 11) is 0. The van der Waals surface area contributed by atoms with Crippen LogP contribution in [0.25, 0.3) is 0 Å². The molecule has 0 bridgehead atoms. The van der Waals surface area contributed by atoms with Crippen molar-refractivity contribution in [1.29, 1.82) is 0 Å². The van der Waals surface area contributed by atoms with Crippen LogP contribution in [-0.2, 0) is 11.3 Å². The molecule has 0 radical (unpaired) electrons. The summed E-state index contributed by atoms with van der Waals surface area (Å²) in [5.74, 6) is 0.0139. The monoisotopic (exact) mass is 271 g/mol. The van der Waals surface area contributed by atoms with Gasteiger partial charge in [0.05, 0.1) is 18.3 Å². The molecule has 0 saturated carbocycles. The van der Waals surface area contributed by atoms with Crippen molar-refractivity contribution in [2.45, 2.75) is 39.3 Å². The van der Waals surface area contributed by atoms with Crippen LogP contribution in [-0.4, -0.2) is 28.4 Å². The fourth-order valence-electron chi connectivity index (χ4n) is 1.70. The number of likely N-dealkylation sites (N-methyl/N-ethyl adjacent to an activating group) is 1. The molecular weight excluding hydrogens is 250 g/mol. The Bertz CT molecular complexity index is 345. The lowest BCUT2D eigenvalue weighted by Gasteiger charge is -2.23. The van der Waals surface area contributed by atoms with Crippen molar-refractivity contribution >= 4 is 18.3 Å². The van der Waals surface area contributed by atoms with Gasteiger partial charge in [-0.25, -0.2) is 0 Å². The van der Waals surface area contributed by atoms with Gasteiger partial charge in [0, 0.05) is 12.7 Å². The average Bonchev–Trinajstić information content (AvgIpc) is 2.36. The average molecular weight is 272 g/mol. The van der Waals surface area contributed by atoms with E-state index in [-0.39, 0.29) is 24.4 Å². The van der Waals surface area contributed by atoms with Gasteiger partial charge in [0.15, 0.2) is 0 Å². The highest BCUT2D eigenvalue weighted by Crippen LogP contribution is 2.05. The minimum Gasteiger partial charge on any atom is -0.336 e. The minimum absolute atomic E-state index is 0. The predicted molar refractivity (Wildman–Crippen MR) is 75.5 cm³/mol. The SMILES string of the molecule is CCCC(N)C(=O)N(CC)Cc1ccccn1.Cl. The fourth-order valence-corrected chi connectivity index (χ4v) is 1.70. The van der Waals surface area contributed by atoms with E-state index < -0.39 is 0 Å². The largest absolute Gasteiger partial charge is 0.336 e. The molecule has 5 heteroatoms. The first-order valence-electron chi connectivity index (χ1n) is 6.13. The summed E-state index contributed by atoms with van der Waals surface area (Å²) in [6.07, 6.45) is 3.39. The van der Waals surface area contributed by atoms with Gasteiger partial charge < -0.3 is 10.6 Å². The highest BCUT2D eigenvalue weighted by Gasteiger charge is 2.19. The van der Waals surface area contributed by atoms with Gasteiger partial charge in [-0.15, -0.1) is 12.4 Å². The first-order valence-corrected chi connectivity index (χ1v) is 6.13. The molecule has 0 aliphatic heterocycles. The lowest BCUT2D eigenvalue weighted by atomic mass is 10.1. The Hall–Kier alpha value is -1.13. The Morgan fingerprint density at radius 1 is 1.44 bits per heavy atom. The highest BCUT2D eigenvalue weighted by molar-refractivity contribution is 5.85. The Labute approximate surface area is 115 Å². The van der Waals surface area contributed by atoms with E-state index in [0.717, 1.165) is 18.5 Å². The Morgan fingerprint density at radius 2 is 2.17 bits per heavy atom. The van der Waals surface area contributed by atoms with Gasteiger partial charge in [-0.1, -0.05) is 19.4 Å².